The van der Waals surface area contributed by atoms with Crippen LogP contribution in [0.5, 0.6) is 0 Å². The number of rotatable bonds is 10. The number of carbonyl (C=O) groups excluding carboxylic acids is 2. The van der Waals surface area contributed by atoms with Gasteiger partial charge in [0, 0.05) is 18.8 Å². The molecule has 1 spiro atoms. The number of amides is 2. The number of nitrogens with zero attached hydrogens (tertiary/aromatic N) is 2. The summed E-state index contributed by atoms with van der Waals surface area (Å²) in [5.41, 5.74) is 2.13. The first kappa shape index (κ1) is 39.9. The van der Waals surface area contributed by atoms with E-state index in [2.05, 4.69) is 74.4 Å². The van der Waals surface area contributed by atoms with Crippen molar-refractivity contribution in [3.63, 3.8) is 0 Å². The van der Waals surface area contributed by atoms with E-state index in [0.29, 0.717) is 30.2 Å². The average molecular weight is 688 g/mol. The molecule has 2 unspecified atom stereocenters. The molecule has 2 atom stereocenters. The third-order valence-electron chi connectivity index (χ3n) is 9.70. The van der Waals surface area contributed by atoms with Gasteiger partial charge in [0.15, 0.2) is 0 Å². The summed E-state index contributed by atoms with van der Waals surface area (Å²) in [4.78, 5) is 43.1. The summed E-state index contributed by atoms with van der Waals surface area (Å²) >= 11 is 1.76. The van der Waals surface area contributed by atoms with Gasteiger partial charge in [0.1, 0.15) is 0 Å². The lowest BCUT2D eigenvalue weighted by Gasteiger charge is -2.47. The summed E-state index contributed by atoms with van der Waals surface area (Å²) in [5, 5.41) is 13.5. The Balaban J connectivity index is 0.000000501. The topological polar surface area (TPSA) is 99.1 Å². The molecule has 4 rings (SSSR count). The van der Waals surface area contributed by atoms with Crippen molar-refractivity contribution in [3.05, 3.63) is 71.2 Å². The SMILES string of the molecule is C#CC1/C=C\C=C/CS/C=C\1.CC(C)CCC(C1=CCC=C(CC(=O)NCCC(=O)O)C=C1)N1CC2(CCC(C(C)(C)C)CC2)N=CC1=O. The van der Waals surface area contributed by atoms with Gasteiger partial charge in [-0.05, 0) is 78.8 Å². The molecule has 2 aliphatic carbocycles. The monoisotopic (exact) mass is 687 g/mol. The van der Waals surface area contributed by atoms with E-state index in [-0.39, 0.29) is 48.7 Å². The molecule has 0 aromatic heterocycles. The normalized spacial score (nSPS) is 26.4. The Hall–Kier alpha value is -3.57. The van der Waals surface area contributed by atoms with Crippen LogP contribution in [0.15, 0.2) is 76.2 Å². The number of thioether (sulfide) groups is 1. The lowest BCUT2D eigenvalue weighted by molar-refractivity contribution is -0.137. The standard InChI is InChI=1S/C31H47N3O4.C10H10S/c1-22(2)9-12-26(24-8-6-7-23(10-11-24)19-27(35)32-18-15-29(37)38)34-21-31(33-20-28(34)36)16-13-25(14-17-31)30(3,4)5;1-2-10-6-4-3-5-8-11-9-7-10/h7-8,10-11,20,22,25-26H,6,9,12-19,21H2,1-5H3,(H,32,35)(H,37,38);1,3-7,9-10H,8H2/b;5-3-,6-4-,9-7-. The second kappa shape index (κ2) is 19.6. The van der Waals surface area contributed by atoms with Gasteiger partial charge in [0.25, 0.3) is 5.91 Å². The second-order valence-corrected chi connectivity index (χ2v) is 15.9. The highest BCUT2D eigenvalue weighted by Crippen LogP contribution is 2.44. The van der Waals surface area contributed by atoms with Crippen LogP contribution in [-0.4, -0.2) is 64.4 Å². The van der Waals surface area contributed by atoms with Crippen LogP contribution in [0.1, 0.15) is 92.4 Å². The zero-order valence-corrected chi connectivity index (χ0v) is 31.0. The van der Waals surface area contributed by atoms with E-state index in [1.165, 1.54) is 0 Å². The Kier molecular flexibility index (Phi) is 15.9. The Labute approximate surface area is 299 Å². The molecule has 2 N–H and O–H groups in total. The van der Waals surface area contributed by atoms with Crippen molar-refractivity contribution in [1.29, 1.82) is 0 Å². The highest BCUT2D eigenvalue weighted by molar-refractivity contribution is 8.02. The molecule has 0 aromatic carbocycles. The molecular weight excluding hydrogens is 631 g/mol. The van der Waals surface area contributed by atoms with Gasteiger partial charge in [-0.25, -0.2) is 0 Å². The number of terminal acetylenes is 1. The van der Waals surface area contributed by atoms with Gasteiger partial charge >= 0.3 is 5.97 Å². The van der Waals surface area contributed by atoms with E-state index < -0.39 is 5.97 Å². The zero-order valence-electron chi connectivity index (χ0n) is 30.2. The number of hydrogen-bond acceptors (Lipinski definition) is 5. The molecule has 1 fully saturated rings. The second-order valence-electron chi connectivity index (χ2n) is 15.0. The van der Waals surface area contributed by atoms with Crippen LogP contribution in [0.4, 0.5) is 0 Å². The minimum atomic E-state index is -0.929. The quantitative estimate of drug-likeness (QED) is 0.226. The van der Waals surface area contributed by atoms with Crippen LogP contribution in [0, 0.1) is 35.5 Å². The van der Waals surface area contributed by atoms with Crippen molar-refractivity contribution >= 4 is 35.8 Å². The number of carboxylic acids is 1. The Morgan fingerprint density at radius 2 is 1.90 bits per heavy atom. The Bertz CT molecular complexity index is 1390. The molecule has 2 aliphatic heterocycles. The molecule has 0 aromatic rings. The predicted molar refractivity (Wildman–Crippen MR) is 204 cm³/mol. The van der Waals surface area contributed by atoms with Crippen LogP contribution in [0.3, 0.4) is 0 Å². The predicted octanol–water partition coefficient (Wildman–Crippen LogP) is 8.08. The fourth-order valence-electron chi connectivity index (χ4n) is 6.63. The van der Waals surface area contributed by atoms with E-state index in [1.54, 1.807) is 18.0 Å². The van der Waals surface area contributed by atoms with Crippen LogP contribution < -0.4 is 5.32 Å². The van der Waals surface area contributed by atoms with Gasteiger partial charge in [-0.15, -0.1) is 18.2 Å². The van der Waals surface area contributed by atoms with Crippen molar-refractivity contribution in [3.8, 4) is 12.3 Å². The van der Waals surface area contributed by atoms with E-state index >= 15 is 0 Å². The minimum Gasteiger partial charge on any atom is -0.481 e. The van der Waals surface area contributed by atoms with Crippen LogP contribution in [0.2, 0.25) is 0 Å². The van der Waals surface area contributed by atoms with Gasteiger partial charge in [0.05, 0.1) is 36.6 Å². The molecule has 49 heavy (non-hydrogen) atoms. The maximum absolute atomic E-state index is 13.2. The van der Waals surface area contributed by atoms with E-state index in [0.717, 1.165) is 55.4 Å². The highest BCUT2D eigenvalue weighted by Gasteiger charge is 2.43. The first-order chi connectivity index (χ1) is 23.3. The molecule has 4 aliphatic rings. The van der Waals surface area contributed by atoms with Gasteiger partial charge in [-0.1, -0.05) is 95.2 Å². The summed E-state index contributed by atoms with van der Waals surface area (Å²) in [7, 11) is 0. The molecule has 2 amide bonds. The molecule has 266 valence electrons. The van der Waals surface area contributed by atoms with Crippen molar-refractivity contribution in [2.24, 2.45) is 28.2 Å². The lowest BCUT2D eigenvalue weighted by Crippen LogP contribution is -2.55. The van der Waals surface area contributed by atoms with Crippen molar-refractivity contribution < 1.29 is 19.5 Å². The van der Waals surface area contributed by atoms with Gasteiger partial charge in [-0.3, -0.25) is 19.4 Å². The zero-order chi connectivity index (χ0) is 35.9. The van der Waals surface area contributed by atoms with Crippen LogP contribution in [-0.2, 0) is 14.4 Å². The number of carboxylic acid groups (broad SMARTS) is 1. The molecule has 7 nitrogen and oxygen atoms in total. The van der Waals surface area contributed by atoms with Crippen LogP contribution in [0.25, 0.3) is 0 Å². The van der Waals surface area contributed by atoms with E-state index in [4.69, 9.17) is 16.5 Å². The summed E-state index contributed by atoms with van der Waals surface area (Å²) in [6.07, 6.45) is 32.4. The molecule has 8 heteroatoms. The lowest BCUT2D eigenvalue weighted by atomic mass is 9.67. The number of aliphatic carboxylic acids is 1. The van der Waals surface area contributed by atoms with Crippen LogP contribution >= 0.6 is 11.8 Å². The summed E-state index contributed by atoms with van der Waals surface area (Å²) < 4.78 is 0. The van der Waals surface area contributed by atoms with E-state index in [9.17, 15) is 14.4 Å². The fraction of sp³-hybridized carbons (Fsp3) is 0.561. The molecule has 0 saturated heterocycles. The Morgan fingerprint density at radius 3 is 2.57 bits per heavy atom. The maximum Gasteiger partial charge on any atom is 0.305 e. The number of aliphatic imine (C=N–C) groups is 1. The third kappa shape index (κ3) is 13.7. The first-order valence-electron chi connectivity index (χ1n) is 17.8. The van der Waals surface area contributed by atoms with Gasteiger partial charge in [0.2, 0.25) is 5.91 Å². The number of carbonyl (C=O) groups is 3. The first-order valence-corrected chi connectivity index (χ1v) is 18.9. The summed E-state index contributed by atoms with van der Waals surface area (Å²) in [6, 6.07) is -0.0257. The largest absolute Gasteiger partial charge is 0.481 e. The number of nitrogens with one attached hydrogen (secondary N) is 1. The molecule has 0 bridgehead atoms. The summed E-state index contributed by atoms with van der Waals surface area (Å²) in [6.45, 7) is 12.2. The highest BCUT2D eigenvalue weighted by atomic mass is 32.2. The number of hydrogen-bond donors (Lipinski definition) is 2. The van der Waals surface area contributed by atoms with Crippen molar-refractivity contribution in [2.45, 2.75) is 104 Å². The average Bonchev–Trinajstić information content (AvgIpc) is 3.18. The van der Waals surface area contributed by atoms with Crippen molar-refractivity contribution in [2.75, 3.05) is 18.8 Å². The van der Waals surface area contributed by atoms with Gasteiger partial charge in [-0.2, -0.15) is 0 Å². The Morgan fingerprint density at radius 1 is 1.14 bits per heavy atom. The minimum absolute atomic E-state index is 0.00753. The summed E-state index contributed by atoms with van der Waals surface area (Å²) in [5.74, 6) is 3.96. The van der Waals surface area contributed by atoms with Gasteiger partial charge < -0.3 is 15.3 Å². The molecular formula is C41H57N3O4S. The maximum atomic E-state index is 13.2. The molecule has 1 saturated carbocycles. The smallest absolute Gasteiger partial charge is 0.305 e. The molecule has 2 heterocycles. The fourth-order valence-corrected chi connectivity index (χ4v) is 7.25. The molecule has 0 radical (unpaired) electrons. The number of allylic oxidation sites excluding steroid dienone is 7. The van der Waals surface area contributed by atoms with Crippen molar-refractivity contribution in [1.82, 2.24) is 10.2 Å². The van der Waals surface area contributed by atoms with E-state index in [1.807, 2.05) is 36.5 Å². The third-order valence-corrected chi connectivity index (χ3v) is 10.4.